The summed E-state index contributed by atoms with van der Waals surface area (Å²) in [6.07, 6.45) is 0. The van der Waals surface area contributed by atoms with E-state index in [0.717, 1.165) is 54.9 Å². The van der Waals surface area contributed by atoms with Crippen molar-refractivity contribution in [3.05, 3.63) is 65.6 Å². The summed E-state index contributed by atoms with van der Waals surface area (Å²) < 4.78 is 13.4. The van der Waals surface area contributed by atoms with E-state index in [1.54, 1.807) is 12.1 Å². The van der Waals surface area contributed by atoms with Crippen LogP contribution in [0.5, 0.6) is 0 Å². The minimum atomic E-state index is -0.200. The molecule has 2 aromatic carbocycles. The minimum absolute atomic E-state index is 0.200. The maximum atomic E-state index is 13.4. The maximum absolute atomic E-state index is 13.4. The first-order valence-corrected chi connectivity index (χ1v) is 8.62. The fraction of sp³-hybridized carbons (Fsp3) is 0.250. The molecule has 1 aliphatic heterocycles. The van der Waals surface area contributed by atoms with E-state index in [-0.39, 0.29) is 5.82 Å². The van der Waals surface area contributed by atoms with E-state index in [1.807, 2.05) is 30.3 Å². The van der Waals surface area contributed by atoms with Crippen LogP contribution < -0.4 is 4.90 Å². The molecular formula is C20H18FN5. The number of nitriles is 1. The summed E-state index contributed by atoms with van der Waals surface area (Å²) >= 11 is 0. The molecule has 1 aromatic heterocycles. The molecule has 6 heteroatoms. The van der Waals surface area contributed by atoms with E-state index in [0.29, 0.717) is 5.69 Å². The van der Waals surface area contributed by atoms with Crippen molar-refractivity contribution >= 4 is 16.6 Å². The van der Waals surface area contributed by atoms with Gasteiger partial charge in [0.1, 0.15) is 11.9 Å². The number of fused-ring (bicyclic) bond motifs is 1. The second-order valence-corrected chi connectivity index (χ2v) is 6.42. The predicted octanol–water partition coefficient (Wildman–Crippen LogP) is 2.96. The lowest BCUT2D eigenvalue weighted by Crippen LogP contribution is -2.46. The van der Waals surface area contributed by atoms with E-state index < -0.39 is 0 Å². The Hall–Kier alpha value is -3.04. The lowest BCUT2D eigenvalue weighted by atomic mass is 10.1. The predicted molar refractivity (Wildman–Crippen MR) is 98.1 cm³/mol. The Morgan fingerprint density at radius 2 is 1.81 bits per heavy atom. The second-order valence-electron chi connectivity index (χ2n) is 6.42. The van der Waals surface area contributed by atoms with Gasteiger partial charge in [-0.25, -0.2) is 4.39 Å². The number of rotatable bonds is 3. The summed E-state index contributed by atoms with van der Waals surface area (Å²) in [5.74, 6) is -0.200. The van der Waals surface area contributed by atoms with Crippen LogP contribution in [-0.2, 0) is 6.54 Å². The molecule has 1 fully saturated rings. The molecule has 1 aliphatic rings. The van der Waals surface area contributed by atoms with E-state index >= 15 is 0 Å². The molecule has 4 rings (SSSR count). The molecule has 0 aliphatic carbocycles. The molecule has 3 aromatic rings. The van der Waals surface area contributed by atoms with Crippen LogP contribution >= 0.6 is 0 Å². The second kappa shape index (κ2) is 7.06. The highest BCUT2D eigenvalue weighted by Gasteiger charge is 2.22. The summed E-state index contributed by atoms with van der Waals surface area (Å²) in [5.41, 5.74) is 3.00. The highest BCUT2D eigenvalue weighted by molar-refractivity contribution is 5.93. The smallest absolute Gasteiger partial charge is 0.187 e. The molecule has 0 spiro atoms. The van der Waals surface area contributed by atoms with Crippen molar-refractivity contribution < 1.29 is 4.39 Å². The third kappa shape index (κ3) is 3.22. The molecule has 0 saturated carbocycles. The lowest BCUT2D eigenvalue weighted by molar-refractivity contribution is 0.249. The molecule has 0 N–H and O–H groups in total. The first-order valence-electron chi connectivity index (χ1n) is 8.62. The van der Waals surface area contributed by atoms with E-state index in [4.69, 9.17) is 0 Å². The summed E-state index contributed by atoms with van der Waals surface area (Å²) in [6, 6.07) is 16.7. The van der Waals surface area contributed by atoms with Crippen molar-refractivity contribution in [2.75, 3.05) is 31.1 Å². The maximum Gasteiger partial charge on any atom is 0.187 e. The van der Waals surface area contributed by atoms with Crippen molar-refractivity contribution in [2.45, 2.75) is 6.54 Å². The van der Waals surface area contributed by atoms with Crippen LogP contribution in [0.15, 0.2) is 48.5 Å². The molecule has 0 amide bonds. The Balaban J connectivity index is 1.53. The van der Waals surface area contributed by atoms with Gasteiger partial charge in [0.2, 0.25) is 0 Å². The number of benzene rings is 2. The zero-order valence-corrected chi connectivity index (χ0v) is 14.3. The summed E-state index contributed by atoms with van der Waals surface area (Å²) in [4.78, 5) is 4.51. The van der Waals surface area contributed by atoms with Gasteiger partial charge in [-0.1, -0.05) is 30.3 Å². The van der Waals surface area contributed by atoms with Crippen LogP contribution in [0.1, 0.15) is 11.3 Å². The zero-order valence-electron chi connectivity index (χ0n) is 14.3. The molecule has 0 bridgehead atoms. The van der Waals surface area contributed by atoms with Crippen molar-refractivity contribution in [3.8, 4) is 6.07 Å². The van der Waals surface area contributed by atoms with Crippen molar-refractivity contribution in [1.29, 1.82) is 5.26 Å². The van der Waals surface area contributed by atoms with Gasteiger partial charge < -0.3 is 4.90 Å². The standard InChI is InChI=1S/C20H18FN5/c21-16-5-3-4-15(12-16)14-25-8-10-26(11-9-25)20-17-6-1-2-7-18(17)23-24-19(20)13-22/h1-7,12H,8-11,14H2. The number of halogens is 1. The third-order valence-electron chi connectivity index (χ3n) is 4.73. The van der Waals surface area contributed by atoms with Gasteiger partial charge in [0.25, 0.3) is 0 Å². The largest absolute Gasteiger partial charge is 0.366 e. The zero-order chi connectivity index (χ0) is 17.9. The average molecular weight is 347 g/mol. The van der Waals surface area contributed by atoms with Crippen LogP contribution in [0, 0.1) is 17.1 Å². The van der Waals surface area contributed by atoms with Crippen LogP contribution in [0.25, 0.3) is 10.9 Å². The summed E-state index contributed by atoms with van der Waals surface area (Å²) in [6.45, 7) is 4.00. The van der Waals surface area contributed by atoms with Gasteiger partial charge in [0.15, 0.2) is 5.69 Å². The number of anilines is 1. The fourth-order valence-corrected chi connectivity index (χ4v) is 3.46. The molecule has 0 atom stereocenters. The van der Waals surface area contributed by atoms with Crippen molar-refractivity contribution in [2.24, 2.45) is 0 Å². The quantitative estimate of drug-likeness (QED) is 0.729. The molecule has 0 radical (unpaired) electrons. The molecule has 0 unspecified atom stereocenters. The Morgan fingerprint density at radius 3 is 2.58 bits per heavy atom. The van der Waals surface area contributed by atoms with Crippen molar-refractivity contribution in [1.82, 2.24) is 15.1 Å². The normalized spacial score (nSPS) is 15.2. The number of hydrogen-bond donors (Lipinski definition) is 0. The van der Waals surface area contributed by atoms with Gasteiger partial charge in [0, 0.05) is 38.1 Å². The third-order valence-corrected chi connectivity index (χ3v) is 4.73. The van der Waals surface area contributed by atoms with Crippen LogP contribution in [0.4, 0.5) is 10.1 Å². The number of aromatic nitrogens is 2. The van der Waals surface area contributed by atoms with E-state index in [9.17, 15) is 9.65 Å². The van der Waals surface area contributed by atoms with Crippen molar-refractivity contribution in [3.63, 3.8) is 0 Å². The van der Waals surface area contributed by atoms with Gasteiger partial charge in [0.05, 0.1) is 11.2 Å². The van der Waals surface area contributed by atoms with Crippen LogP contribution in [0.2, 0.25) is 0 Å². The number of piperazine rings is 1. The van der Waals surface area contributed by atoms with Gasteiger partial charge in [-0.05, 0) is 23.8 Å². The SMILES string of the molecule is N#Cc1nnc2ccccc2c1N1CCN(Cc2cccc(F)c2)CC1. The summed E-state index contributed by atoms with van der Waals surface area (Å²) in [5, 5.41) is 18.6. The van der Waals surface area contributed by atoms with Gasteiger partial charge in [-0.3, -0.25) is 4.90 Å². The first kappa shape index (κ1) is 16.4. The van der Waals surface area contributed by atoms with Gasteiger partial charge in [-0.2, -0.15) is 5.26 Å². The van der Waals surface area contributed by atoms with Gasteiger partial charge in [-0.15, -0.1) is 10.2 Å². The van der Waals surface area contributed by atoms with Gasteiger partial charge >= 0.3 is 0 Å². The topological polar surface area (TPSA) is 56.1 Å². The fourth-order valence-electron chi connectivity index (χ4n) is 3.46. The highest BCUT2D eigenvalue weighted by atomic mass is 19.1. The van der Waals surface area contributed by atoms with E-state index in [1.165, 1.54) is 6.07 Å². The Labute approximate surface area is 151 Å². The molecule has 2 heterocycles. The first-order chi connectivity index (χ1) is 12.7. The van der Waals surface area contributed by atoms with E-state index in [2.05, 4.69) is 26.1 Å². The number of hydrogen-bond acceptors (Lipinski definition) is 5. The minimum Gasteiger partial charge on any atom is -0.366 e. The monoisotopic (exact) mass is 347 g/mol. The Bertz CT molecular complexity index is 973. The molecule has 26 heavy (non-hydrogen) atoms. The Kier molecular flexibility index (Phi) is 4.46. The molecule has 5 nitrogen and oxygen atoms in total. The molecule has 1 saturated heterocycles. The highest BCUT2D eigenvalue weighted by Crippen LogP contribution is 2.28. The Morgan fingerprint density at radius 1 is 1.00 bits per heavy atom. The molecular weight excluding hydrogens is 329 g/mol. The molecule has 130 valence electrons. The van der Waals surface area contributed by atoms with Crippen LogP contribution in [0.3, 0.4) is 0 Å². The summed E-state index contributed by atoms with van der Waals surface area (Å²) in [7, 11) is 0. The number of nitrogens with zero attached hydrogens (tertiary/aromatic N) is 5. The lowest BCUT2D eigenvalue weighted by Gasteiger charge is -2.36. The van der Waals surface area contributed by atoms with Crippen LogP contribution in [-0.4, -0.2) is 41.3 Å². The average Bonchev–Trinajstić information content (AvgIpc) is 2.68.